The summed E-state index contributed by atoms with van der Waals surface area (Å²) in [5.74, 6) is 0.695. The second-order valence-electron chi connectivity index (χ2n) is 12.2. The van der Waals surface area contributed by atoms with Gasteiger partial charge in [0.1, 0.15) is 11.2 Å². The van der Waals surface area contributed by atoms with Crippen LogP contribution in [0.3, 0.4) is 0 Å². The molecule has 0 N–H and O–H groups in total. The van der Waals surface area contributed by atoms with E-state index in [9.17, 15) is 0 Å². The topological polar surface area (TPSA) is 38.9 Å². The number of nitrogens with zero attached hydrogens (tertiary/aromatic N) is 2. The number of fused-ring (bicyclic) bond motifs is 3. The molecule has 0 amide bonds. The van der Waals surface area contributed by atoms with E-state index in [1.807, 2.05) is 48.5 Å². The first-order chi connectivity index (χ1) is 23.3. The lowest BCUT2D eigenvalue weighted by Crippen LogP contribution is -1.96. The molecule has 10 aromatic rings. The second kappa shape index (κ2) is 10.1. The first kappa shape index (κ1) is 26.0. The average molecular weight is 599 g/mol. The van der Waals surface area contributed by atoms with E-state index in [0.29, 0.717) is 5.82 Å². The van der Waals surface area contributed by atoms with Gasteiger partial charge in [0.05, 0.1) is 11.4 Å². The molecule has 2 heterocycles. The highest BCUT2D eigenvalue weighted by atomic mass is 16.3. The Morgan fingerprint density at radius 2 is 1.04 bits per heavy atom. The van der Waals surface area contributed by atoms with Crippen molar-refractivity contribution < 1.29 is 4.42 Å². The lowest BCUT2D eigenvalue weighted by atomic mass is 9.89. The molecule has 2 aromatic heterocycles. The summed E-state index contributed by atoms with van der Waals surface area (Å²) >= 11 is 0. The van der Waals surface area contributed by atoms with Crippen LogP contribution in [0.5, 0.6) is 0 Å². The molecule has 0 spiro atoms. The molecule has 218 valence electrons. The van der Waals surface area contributed by atoms with Crippen LogP contribution in [0, 0.1) is 0 Å². The molecule has 3 nitrogen and oxygen atoms in total. The van der Waals surface area contributed by atoms with Crippen LogP contribution in [-0.4, -0.2) is 9.97 Å². The van der Waals surface area contributed by atoms with E-state index in [-0.39, 0.29) is 0 Å². The van der Waals surface area contributed by atoms with Crippen molar-refractivity contribution in [3.63, 3.8) is 0 Å². The summed E-state index contributed by atoms with van der Waals surface area (Å²) in [5.41, 5.74) is 8.86. The summed E-state index contributed by atoms with van der Waals surface area (Å²) in [6.45, 7) is 0. The Morgan fingerprint density at radius 1 is 0.362 bits per heavy atom. The van der Waals surface area contributed by atoms with E-state index in [4.69, 9.17) is 14.4 Å². The van der Waals surface area contributed by atoms with E-state index in [1.54, 1.807) is 0 Å². The summed E-state index contributed by atoms with van der Waals surface area (Å²) in [7, 11) is 0. The van der Waals surface area contributed by atoms with Gasteiger partial charge in [-0.25, -0.2) is 9.97 Å². The number of hydrogen-bond acceptors (Lipinski definition) is 3. The number of rotatable bonds is 4. The highest BCUT2D eigenvalue weighted by molar-refractivity contribution is 6.25. The van der Waals surface area contributed by atoms with Crippen LogP contribution in [0.1, 0.15) is 0 Å². The van der Waals surface area contributed by atoms with Crippen molar-refractivity contribution in [2.75, 3.05) is 0 Å². The fraction of sp³-hybridized carbons (Fsp3) is 0. The molecule has 8 aromatic carbocycles. The van der Waals surface area contributed by atoms with Crippen molar-refractivity contribution >= 4 is 54.3 Å². The van der Waals surface area contributed by atoms with Crippen LogP contribution in [-0.2, 0) is 0 Å². The first-order valence-corrected chi connectivity index (χ1v) is 15.9. The number of aromatic nitrogens is 2. The Kier molecular flexibility index (Phi) is 5.57. The van der Waals surface area contributed by atoms with Crippen molar-refractivity contribution in [1.82, 2.24) is 9.97 Å². The number of hydrogen-bond donors (Lipinski definition) is 0. The van der Waals surface area contributed by atoms with Gasteiger partial charge in [-0.1, -0.05) is 133 Å². The molecule has 0 aliphatic carbocycles. The van der Waals surface area contributed by atoms with Gasteiger partial charge in [-0.2, -0.15) is 0 Å². The van der Waals surface area contributed by atoms with Crippen LogP contribution in [0.25, 0.3) is 99.3 Å². The average Bonchev–Trinajstić information content (AvgIpc) is 3.52. The van der Waals surface area contributed by atoms with Gasteiger partial charge in [0.15, 0.2) is 5.82 Å². The first-order valence-electron chi connectivity index (χ1n) is 15.9. The third-order valence-corrected chi connectivity index (χ3v) is 9.44. The molecule has 0 radical (unpaired) electrons. The second-order valence-corrected chi connectivity index (χ2v) is 12.2. The lowest BCUT2D eigenvalue weighted by molar-refractivity contribution is 0.669. The summed E-state index contributed by atoms with van der Waals surface area (Å²) in [5, 5.41) is 9.83. The fourth-order valence-corrected chi connectivity index (χ4v) is 7.25. The molecule has 0 saturated heterocycles. The molecular formula is C44H26N2O. The third-order valence-electron chi connectivity index (χ3n) is 9.44. The van der Waals surface area contributed by atoms with Gasteiger partial charge in [-0.15, -0.1) is 0 Å². The number of furan rings is 1. The highest BCUT2D eigenvalue weighted by Gasteiger charge is 2.18. The third kappa shape index (κ3) is 4.07. The van der Waals surface area contributed by atoms with Gasteiger partial charge < -0.3 is 4.42 Å². The minimum absolute atomic E-state index is 0.695. The maximum atomic E-state index is 6.47. The zero-order valence-corrected chi connectivity index (χ0v) is 25.3. The zero-order valence-electron chi connectivity index (χ0n) is 25.3. The van der Waals surface area contributed by atoms with Crippen molar-refractivity contribution in [1.29, 1.82) is 0 Å². The van der Waals surface area contributed by atoms with E-state index in [0.717, 1.165) is 55.6 Å². The van der Waals surface area contributed by atoms with Gasteiger partial charge >= 0.3 is 0 Å². The molecular weight excluding hydrogens is 572 g/mol. The Balaban J connectivity index is 1.21. The molecule has 0 aliphatic rings. The molecule has 0 fully saturated rings. The molecule has 0 unspecified atom stereocenters. The van der Waals surface area contributed by atoms with Crippen LogP contribution >= 0.6 is 0 Å². The summed E-state index contributed by atoms with van der Waals surface area (Å²) in [6, 6.07) is 55.5. The van der Waals surface area contributed by atoms with Crippen LogP contribution in [0.2, 0.25) is 0 Å². The summed E-state index contributed by atoms with van der Waals surface area (Å²) in [4.78, 5) is 10.2. The Morgan fingerprint density at radius 3 is 1.85 bits per heavy atom. The molecule has 0 aliphatic heterocycles. The standard InChI is InChI=1S/C44H26N2O/c1-3-9-27(10-4-1)37-26-38(46-44(45-37)31-11-5-2-6-12-31)35-15-8-16-40-43(35)36-25-32(21-24-39(36)47-40)33-22-19-30-18-17-28-13-7-14-29-20-23-34(33)42(30)41(28)29/h1-26H. The lowest BCUT2D eigenvalue weighted by Gasteiger charge is -2.14. The Labute approximate surface area is 270 Å². The van der Waals surface area contributed by atoms with Crippen molar-refractivity contribution in [3.8, 4) is 45.0 Å². The van der Waals surface area contributed by atoms with E-state index < -0.39 is 0 Å². The van der Waals surface area contributed by atoms with Crippen molar-refractivity contribution in [2.24, 2.45) is 0 Å². The molecule has 0 bridgehead atoms. The Hall–Kier alpha value is -6.32. The predicted octanol–water partition coefficient (Wildman–Crippen LogP) is 11.9. The Bertz CT molecular complexity index is 2710. The number of benzene rings is 8. The van der Waals surface area contributed by atoms with Crippen molar-refractivity contribution in [2.45, 2.75) is 0 Å². The molecule has 0 saturated carbocycles. The summed E-state index contributed by atoms with van der Waals surface area (Å²) < 4.78 is 6.47. The van der Waals surface area contributed by atoms with E-state index >= 15 is 0 Å². The normalized spacial score (nSPS) is 11.8. The van der Waals surface area contributed by atoms with Crippen molar-refractivity contribution in [3.05, 3.63) is 158 Å². The van der Waals surface area contributed by atoms with E-state index in [2.05, 4.69) is 109 Å². The molecule has 10 rings (SSSR count). The minimum Gasteiger partial charge on any atom is -0.456 e. The monoisotopic (exact) mass is 598 g/mol. The van der Waals surface area contributed by atoms with Gasteiger partial charge in [-0.05, 0) is 67.7 Å². The van der Waals surface area contributed by atoms with Gasteiger partial charge in [0.2, 0.25) is 0 Å². The molecule has 0 atom stereocenters. The smallest absolute Gasteiger partial charge is 0.160 e. The van der Waals surface area contributed by atoms with Crippen LogP contribution in [0.4, 0.5) is 0 Å². The van der Waals surface area contributed by atoms with E-state index in [1.165, 1.54) is 37.9 Å². The molecule has 3 heteroatoms. The zero-order chi connectivity index (χ0) is 30.9. The van der Waals surface area contributed by atoms with Gasteiger partial charge in [0.25, 0.3) is 0 Å². The quantitative estimate of drug-likeness (QED) is 0.189. The van der Waals surface area contributed by atoms with Crippen LogP contribution < -0.4 is 0 Å². The maximum Gasteiger partial charge on any atom is 0.160 e. The minimum atomic E-state index is 0.695. The largest absolute Gasteiger partial charge is 0.456 e. The fourth-order valence-electron chi connectivity index (χ4n) is 7.25. The summed E-state index contributed by atoms with van der Waals surface area (Å²) in [6.07, 6.45) is 0. The van der Waals surface area contributed by atoms with Crippen LogP contribution in [0.15, 0.2) is 162 Å². The predicted molar refractivity (Wildman–Crippen MR) is 195 cm³/mol. The molecule has 47 heavy (non-hydrogen) atoms. The highest BCUT2D eigenvalue weighted by Crippen LogP contribution is 2.42. The SMILES string of the molecule is c1ccc(-c2cc(-c3cccc4oc5ccc(-c6ccc7ccc8cccc9ccc6c7c89)cc5c34)nc(-c3ccccc3)n2)cc1. The van der Waals surface area contributed by atoms with Gasteiger partial charge in [0, 0.05) is 27.5 Å². The maximum absolute atomic E-state index is 6.47. The van der Waals surface area contributed by atoms with Gasteiger partial charge in [-0.3, -0.25) is 0 Å².